The van der Waals surface area contributed by atoms with Gasteiger partial charge in [-0.2, -0.15) is 0 Å². The number of amides is 2. The molecule has 0 fully saturated rings. The predicted molar refractivity (Wildman–Crippen MR) is 80.9 cm³/mol. The molecule has 1 aromatic rings. The predicted octanol–water partition coefficient (Wildman–Crippen LogP) is 1.68. The summed E-state index contributed by atoms with van der Waals surface area (Å²) in [6, 6.07) is 8.26. The number of hydrogen-bond donors (Lipinski definition) is 2. The molecule has 1 aromatic carbocycles. The summed E-state index contributed by atoms with van der Waals surface area (Å²) in [4.78, 5) is 35.2. The van der Waals surface area contributed by atoms with Crippen LogP contribution >= 0.6 is 0 Å². The van der Waals surface area contributed by atoms with Crippen molar-refractivity contribution in [1.29, 1.82) is 0 Å². The Hall–Kier alpha value is -2.17. The van der Waals surface area contributed by atoms with E-state index in [1.54, 1.807) is 31.2 Å². The fourth-order valence-corrected chi connectivity index (χ4v) is 1.78. The Kier molecular flexibility index (Phi) is 7.15. The lowest BCUT2D eigenvalue weighted by molar-refractivity contribution is -0.128. The first-order chi connectivity index (χ1) is 10.0. The number of rotatable bonds is 8. The summed E-state index contributed by atoms with van der Waals surface area (Å²) in [5, 5.41) is 5.30. The maximum Gasteiger partial charge on any atom is 0.242 e. The second-order valence-corrected chi connectivity index (χ2v) is 4.87. The van der Waals surface area contributed by atoms with Gasteiger partial charge in [-0.15, -0.1) is 0 Å². The molecule has 0 aliphatic carbocycles. The van der Waals surface area contributed by atoms with E-state index in [1.165, 1.54) is 0 Å². The third kappa shape index (κ3) is 6.21. The molecule has 0 aromatic heterocycles. The van der Waals surface area contributed by atoms with Gasteiger partial charge in [0.2, 0.25) is 11.8 Å². The lowest BCUT2D eigenvalue weighted by atomic mass is 10.1. The average molecular weight is 290 g/mol. The summed E-state index contributed by atoms with van der Waals surface area (Å²) in [7, 11) is 0. The zero-order valence-electron chi connectivity index (χ0n) is 12.5. The third-order valence-electron chi connectivity index (χ3n) is 2.99. The highest BCUT2D eigenvalue weighted by Crippen LogP contribution is 2.05. The molecule has 1 rings (SSSR count). The fraction of sp³-hybridized carbons (Fsp3) is 0.438. The molecule has 0 spiro atoms. The van der Waals surface area contributed by atoms with Crippen molar-refractivity contribution in [3.05, 3.63) is 35.9 Å². The van der Waals surface area contributed by atoms with Crippen LogP contribution in [-0.4, -0.2) is 30.2 Å². The van der Waals surface area contributed by atoms with Gasteiger partial charge in [0.25, 0.3) is 0 Å². The Morgan fingerprint density at radius 1 is 1.10 bits per heavy atom. The molecule has 0 aliphatic rings. The normalized spacial score (nSPS) is 11.5. The van der Waals surface area contributed by atoms with Crippen molar-refractivity contribution >= 4 is 17.6 Å². The van der Waals surface area contributed by atoms with Crippen LogP contribution in [0.3, 0.4) is 0 Å². The van der Waals surface area contributed by atoms with E-state index in [1.807, 2.05) is 13.0 Å². The Bertz CT molecular complexity index is 486. The largest absolute Gasteiger partial charge is 0.354 e. The molecule has 0 aliphatic heterocycles. The maximum absolute atomic E-state index is 11.9. The van der Waals surface area contributed by atoms with Crippen LogP contribution in [0.15, 0.2) is 30.3 Å². The first-order valence-electron chi connectivity index (χ1n) is 7.20. The SMILES string of the molecule is CCCNC(=O)[C@H](C)NC(=O)CCC(=O)c1ccccc1. The summed E-state index contributed by atoms with van der Waals surface area (Å²) in [6.07, 6.45) is 1.07. The zero-order valence-corrected chi connectivity index (χ0v) is 12.5. The van der Waals surface area contributed by atoms with Crippen LogP contribution in [0.5, 0.6) is 0 Å². The number of carbonyl (C=O) groups is 3. The second kappa shape index (κ2) is 8.89. The van der Waals surface area contributed by atoms with Crippen LogP contribution in [0.1, 0.15) is 43.5 Å². The zero-order chi connectivity index (χ0) is 15.7. The van der Waals surface area contributed by atoms with E-state index < -0.39 is 6.04 Å². The molecule has 0 unspecified atom stereocenters. The minimum Gasteiger partial charge on any atom is -0.354 e. The molecule has 114 valence electrons. The van der Waals surface area contributed by atoms with Gasteiger partial charge in [-0.3, -0.25) is 14.4 Å². The van der Waals surface area contributed by atoms with Gasteiger partial charge in [-0.1, -0.05) is 37.3 Å². The van der Waals surface area contributed by atoms with Gasteiger partial charge < -0.3 is 10.6 Å². The van der Waals surface area contributed by atoms with Crippen molar-refractivity contribution in [3.8, 4) is 0 Å². The molecule has 5 nitrogen and oxygen atoms in total. The third-order valence-corrected chi connectivity index (χ3v) is 2.99. The fourth-order valence-electron chi connectivity index (χ4n) is 1.78. The molecule has 0 bridgehead atoms. The van der Waals surface area contributed by atoms with E-state index in [0.717, 1.165) is 6.42 Å². The molecule has 2 amide bonds. The number of Topliss-reactive ketones (excluding diaryl/α,β-unsaturated/α-hetero) is 1. The average Bonchev–Trinajstić information content (AvgIpc) is 2.50. The minimum absolute atomic E-state index is 0.0752. The molecule has 0 heterocycles. The van der Waals surface area contributed by atoms with Crippen LogP contribution in [0.25, 0.3) is 0 Å². The van der Waals surface area contributed by atoms with Gasteiger partial charge in [-0.05, 0) is 13.3 Å². The van der Waals surface area contributed by atoms with Gasteiger partial charge in [0.05, 0.1) is 0 Å². The number of nitrogens with one attached hydrogen (secondary N) is 2. The molecule has 21 heavy (non-hydrogen) atoms. The maximum atomic E-state index is 11.9. The molecule has 0 saturated carbocycles. The van der Waals surface area contributed by atoms with Gasteiger partial charge in [0, 0.05) is 24.9 Å². The van der Waals surface area contributed by atoms with E-state index in [0.29, 0.717) is 12.1 Å². The van der Waals surface area contributed by atoms with Crippen molar-refractivity contribution in [2.75, 3.05) is 6.54 Å². The standard InChI is InChI=1S/C16H22N2O3/c1-3-11-17-16(21)12(2)18-15(20)10-9-14(19)13-7-5-4-6-8-13/h4-8,12H,3,9-11H2,1-2H3,(H,17,21)(H,18,20)/t12-/m0/s1. The number of benzene rings is 1. The molecular formula is C16H22N2O3. The van der Waals surface area contributed by atoms with Gasteiger partial charge in [0.1, 0.15) is 6.04 Å². The van der Waals surface area contributed by atoms with E-state index in [9.17, 15) is 14.4 Å². The van der Waals surface area contributed by atoms with Crippen LogP contribution in [0, 0.1) is 0 Å². The number of ketones is 1. The molecule has 1 atom stereocenters. The molecule has 2 N–H and O–H groups in total. The van der Waals surface area contributed by atoms with Crippen molar-refractivity contribution in [2.45, 2.75) is 39.2 Å². The van der Waals surface area contributed by atoms with E-state index >= 15 is 0 Å². The minimum atomic E-state index is -0.587. The lowest BCUT2D eigenvalue weighted by Crippen LogP contribution is -2.45. The lowest BCUT2D eigenvalue weighted by Gasteiger charge is -2.13. The molecular weight excluding hydrogens is 268 g/mol. The summed E-state index contributed by atoms with van der Waals surface area (Å²) < 4.78 is 0. The summed E-state index contributed by atoms with van der Waals surface area (Å²) in [5.74, 6) is -0.577. The Labute approximate surface area is 125 Å². The van der Waals surface area contributed by atoms with Crippen LogP contribution in [0.4, 0.5) is 0 Å². The number of hydrogen-bond acceptors (Lipinski definition) is 3. The first-order valence-corrected chi connectivity index (χ1v) is 7.20. The highest BCUT2D eigenvalue weighted by Gasteiger charge is 2.15. The molecule has 0 radical (unpaired) electrons. The van der Waals surface area contributed by atoms with E-state index in [4.69, 9.17) is 0 Å². The Morgan fingerprint density at radius 2 is 1.76 bits per heavy atom. The quantitative estimate of drug-likeness (QED) is 0.715. The topological polar surface area (TPSA) is 75.3 Å². The van der Waals surface area contributed by atoms with Gasteiger partial charge in [-0.25, -0.2) is 0 Å². The van der Waals surface area contributed by atoms with Crippen LogP contribution in [-0.2, 0) is 9.59 Å². The van der Waals surface area contributed by atoms with E-state index in [2.05, 4.69) is 10.6 Å². The summed E-state index contributed by atoms with van der Waals surface area (Å²) >= 11 is 0. The van der Waals surface area contributed by atoms with Crippen molar-refractivity contribution < 1.29 is 14.4 Å². The van der Waals surface area contributed by atoms with Crippen LogP contribution < -0.4 is 10.6 Å². The van der Waals surface area contributed by atoms with Crippen molar-refractivity contribution in [2.24, 2.45) is 0 Å². The summed E-state index contributed by atoms with van der Waals surface area (Å²) in [5.41, 5.74) is 0.596. The molecule has 0 saturated heterocycles. The Morgan fingerprint density at radius 3 is 2.38 bits per heavy atom. The van der Waals surface area contributed by atoms with Crippen LogP contribution in [0.2, 0.25) is 0 Å². The molecule has 5 heteroatoms. The highest BCUT2D eigenvalue weighted by atomic mass is 16.2. The monoisotopic (exact) mass is 290 g/mol. The number of carbonyl (C=O) groups excluding carboxylic acids is 3. The first kappa shape index (κ1) is 16.9. The smallest absolute Gasteiger partial charge is 0.242 e. The second-order valence-electron chi connectivity index (χ2n) is 4.87. The van der Waals surface area contributed by atoms with Gasteiger partial charge in [0.15, 0.2) is 5.78 Å². The van der Waals surface area contributed by atoms with Gasteiger partial charge >= 0.3 is 0 Å². The summed E-state index contributed by atoms with van der Waals surface area (Å²) in [6.45, 7) is 4.17. The van der Waals surface area contributed by atoms with Crippen molar-refractivity contribution in [3.63, 3.8) is 0 Å². The van der Waals surface area contributed by atoms with Crippen molar-refractivity contribution in [1.82, 2.24) is 10.6 Å². The van der Waals surface area contributed by atoms with E-state index in [-0.39, 0.29) is 30.4 Å². The Balaban J connectivity index is 2.34. The highest BCUT2D eigenvalue weighted by molar-refractivity contribution is 5.98.